The van der Waals surface area contributed by atoms with Crippen molar-refractivity contribution in [3.05, 3.63) is 22.1 Å². The van der Waals surface area contributed by atoms with Crippen LogP contribution in [0, 0.1) is 4.91 Å². The number of carboxylic acids is 1. The Balaban J connectivity index is 2.49. The van der Waals surface area contributed by atoms with Crippen molar-refractivity contribution in [2.75, 3.05) is 6.54 Å². The summed E-state index contributed by atoms with van der Waals surface area (Å²) in [7, 11) is 0. The molecule has 9 heteroatoms. The van der Waals surface area contributed by atoms with Crippen molar-refractivity contribution < 1.29 is 18.7 Å². The van der Waals surface area contributed by atoms with Gasteiger partial charge in [-0.1, -0.05) is 0 Å². The molecule has 2 rings (SSSR count). The molecule has 0 unspecified atom stereocenters. The Hall–Kier alpha value is -2.06. The van der Waals surface area contributed by atoms with Crippen molar-refractivity contribution in [1.82, 2.24) is 14.6 Å². The second-order valence-electron chi connectivity index (χ2n) is 3.49. The summed E-state index contributed by atoms with van der Waals surface area (Å²) >= 11 is 0. The Morgan fingerprint density at radius 1 is 1.47 bits per heavy atom. The Labute approximate surface area is 93.6 Å². The van der Waals surface area contributed by atoms with Crippen LogP contribution in [0.4, 0.5) is 8.78 Å². The number of carbonyl (C=O) groups is 1. The van der Waals surface area contributed by atoms with Crippen molar-refractivity contribution in [2.45, 2.75) is 19.5 Å². The fraction of sp³-hybridized carbons (Fsp3) is 0.500. The van der Waals surface area contributed by atoms with Crippen LogP contribution in [0.5, 0.6) is 0 Å². The molecule has 0 aromatic carbocycles. The Morgan fingerprint density at radius 2 is 2.18 bits per heavy atom. The first-order valence-electron chi connectivity index (χ1n) is 4.73. The number of nitroso groups, excluding NO2 is 1. The highest BCUT2D eigenvalue weighted by Gasteiger charge is 2.30. The number of nitrogens with zero attached hydrogens (tertiary/aromatic N) is 4. The molecule has 1 aliphatic rings. The average molecular weight is 246 g/mol. The van der Waals surface area contributed by atoms with Gasteiger partial charge in [0.05, 0.1) is 18.4 Å². The van der Waals surface area contributed by atoms with Crippen LogP contribution >= 0.6 is 0 Å². The van der Waals surface area contributed by atoms with E-state index in [1.54, 1.807) is 0 Å². The molecule has 0 fully saturated rings. The quantitative estimate of drug-likeness (QED) is 0.804. The maximum Gasteiger partial charge on any atom is 0.354 e. The minimum absolute atomic E-state index is 0.0590. The molecule has 1 aromatic heterocycles. The van der Waals surface area contributed by atoms with E-state index in [2.05, 4.69) is 10.3 Å². The van der Waals surface area contributed by atoms with Crippen molar-refractivity contribution in [3.8, 4) is 0 Å². The number of imidazole rings is 1. The van der Waals surface area contributed by atoms with E-state index >= 15 is 0 Å². The van der Waals surface area contributed by atoms with Gasteiger partial charge in [0, 0.05) is 6.54 Å². The van der Waals surface area contributed by atoms with Crippen LogP contribution in [-0.4, -0.2) is 32.2 Å². The Morgan fingerprint density at radius 3 is 2.71 bits per heavy atom. The molecular weight excluding hydrogens is 238 g/mol. The fourth-order valence-corrected chi connectivity index (χ4v) is 1.79. The highest BCUT2D eigenvalue weighted by Crippen LogP contribution is 2.26. The summed E-state index contributed by atoms with van der Waals surface area (Å²) in [5, 5.41) is 12.7. The molecule has 92 valence electrons. The minimum atomic E-state index is -2.96. The molecule has 0 saturated heterocycles. The Kier molecular flexibility index (Phi) is 2.74. The molecule has 0 atom stereocenters. The molecule has 1 N–H and O–H groups in total. The number of fused-ring (bicyclic) bond motifs is 1. The summed E-state index contributed by atoms with van der Waals surface area (Å²) in [5.74, 6) is -1.34. The van der Waals surface area contributed by atoms with Gasteiger partial charge in [-0.2, -0.15) is 0 Å². The lowest BCUT2D eigenvalue weighted by Crippen LogP contribution is -2.31. The van der Waals surface area contributed by atoms with Crippen molar-refractivity contribution in [2.24, 2.45) is 5.29 Å². The molecule has 17 heavy (non-hydrogen) atoms. The van der Waals surface area contributed by atoms with Crippen LogP contribution < -0.4 is 0 Å². The molecular formula is C8H8F2N4O3. The van der Waals surface area contributed by atoms with Gasteiger partial charge in [0.2, 0.25) is 0 Å². The highest BCUT2D eigenvalue weighted by atomic mass is 19.3. The van der Waals surface area contributed by atoms with E-state index in [-0.39, 0.29) is 25.5 Å². The van der Waals surface area contributed by atoms with Gasteiger partial charge in [0.25, 0.3) is 6.43 Å². The van der Waals surface area contributed by atoms with E-state index in [0.717, 1.165) is 5.01 Å². The number of carboxylic acid groups (broad SMARTS) is 1. The van der Waals surface area contributed by atoms with E-state index < -0.39 is 23.8 Å². The SMILES string of the molecule is O=NN1CCn2c(nc(C(F)F)c2C(=O)O)C1. The van der Waals surface area contributed by atoms with Gasteiger partial charge in [0.1, 0.15) is 11.5 Å². The van der Waals surface area contributed by atoms with E-state index in [0.29, 0.717) is 0 Å². The van der Waals surface area contributed by atoms with Crippen molar-refractivity contribution >= 4 is 5.97 Å². The lowest BCUT2D eigenvalue weighted by atomic mass is 10.3. The van der Waals surface area contributed by atoms with E-state index in [9.17, 15) is 18.5 Å². The van der Waals surface area contributed by atoms with Gasteiger partial charge >= 0.3 is 5.97 Å². The zero-order valence-electron chi connectivity index (χ0n) is 8.51. The summed E-state index contributed by atoms with van der Waals surface area (Å²) in [5.41, 5.74) is -1.28. The molecule has 0 amide bonds. The standard InChI is InChI=1S/C8H8F2N4O3/c9-7(10)5-6(8(15)16)14-2-1-13(12-17)3-4(14)11-5/h7H,1-3H2,(H,15,16). The maximum absolute atomic E-state index is 12.6. The first-order valence-corrected chi connectivity index (χ1v) is 4.73. The normalized spacial score (nSPS) is 14.9. The summed E-state index contributed by atoms with van der Waals surface area (Å²) in [4.78, 5) is 24.8. The predicted molar refractivity (Wildman–Crippen MR) is 50.3 cm³/mol. The minimum Gasteiger partial charge on any atom is -0.477 e. The van der Waals surface area contributed by atoms with Crippen LogP contribution in [0.15, 0.2) is 5.29 Å². The van der Waals surface area contributed by atoms with Crippen LogP contribution in [0.3, 0.4) is 0 Å². The van der Waals surface area contributed by atoms with E-state index in [4.69, 9.17) is 5.11 Å². The molecule has 1 aliphatic heterocycles. The zero-order chi connectivity index (χ0) is 12.6. The number of rotatable bonds is 3. The van der Waals surface area contributed by atoms with Gasteiger partial charge in [-0.15, -0.1) is 4.91 Å². The molecule has 0 radical (unpaired) electrons. The smallest absolute Gasteiger partial charge is 0.354 e. The molecule has 1 aromatic rings. The van der Waals surface area contributed by atoms with Crippen molar-refractivity contribution in [3.63, 3.8) is 0 Å². The first kappa shape index (κ1) is 11.4. The maximum atomic E-state index is 12.6. The average Bonchev–Trinajstić information content (AvgIpc) is 2.66. The van der Waals surface area contributed by atoms with Gasteiger partial charge < -0.3 is 9.67 Å². The van der Waals surface area contributed by atoms with Gasteiger partial charge in [0.15, 0.2) is 5.69 Å². The Bertz CT molecular complexity index is 474. The lowest BCUT2D eigenvalue weighted by molar-refractivity contribution is 0.0667. The number of aromatic nitrogens is 2. The lowest BCUT2D eigenvalue weighted by Gasteiger charge is -2.22. The second-order valence-corrected chi connectivity index (χ2v) is 3.49. The van der Waals surface area contributed by atoms with Gasteiger partial charge in [-0.3, -0.25) is 5.01 Å². The third-order valence-electron chi connectivity index (χ3n) is 2.50. The number of hydrogen-bond acceptors (Lipinski definition) is 4. The predicted octanol–water partition coefficient (Wildman–Crippen LogP) is 1.02. The van der Waals surface area contributed by atoms with Gasteiger partial charge in [-0.05, 0) is 0 Å². The van der Waals surface area contributed by atoms with Crippen LogP contribution in [0.25, 0.3) is 0 Å². The van der Waals surface area contributed by atoms with E-state index in [1.165, 1.54) is 4.57 Å². The van der Waals surface area contributed by atoms with Crippen molar-refractivity contribution in [1.29, 1.82) is 0 Å². The summed E-state index contributed by atoms with van der Waals surface area (Å²) < 4.78 is 26.4. The molecule has 0 bridgehead atoms. The third-order valence-corrected chi connectivity index (χ3v) is 2.50. The third kappa shape index (κ3) is 1.83. The molecule has 0 aliphatic carbocycles. The molecule has 0 spiro atoms. The number of halogens is 2. The molecule has 0 saturated carbocycles. The number of alkyl halides is 2. The number of aromatic carboxylic acids is 1. The first-order chi connectivity index (χ1) is 8.04. The highest BCUT2D eigenvalue weighted by molar-refractivity contribution is 5.87. The fourth-order valence-electron chi connectivity index (χ4n) is 1.79. The van der Waals surface area contributed by atoms with Crippen LogP contribution in [-0.2, 0) is 13.1 Å². The molecule has 7 nitrogen and oxygen atoms in total. The number of hydrogen-bond donors (Lipinski definition) is 1. The monoisotopic (exact) mass is 246 g/mol. The molecule has 2 heterocycles. The van der Waals surface area contributed by atoms with Crippen LogP contribution in [0.1, 0.15) is 28.4 Å². The summed E-state index contributed by atoms with van der Waals surface area (Å²) in [6.07, 6.45) is -2.96. The summed E-state index contributed by atoms with van der Waals surface area (Å²) in [6, 6.07) is 0. The largest absolute Gasteiger partial charge is 0.477 e. The van der Waals surface area contributed by atoms with Crippen LogP contribution in [0.2, 0.25) is 0 Å². The van der Waals surface area contributed by atoms with E-state index in [1.807, 2.05) is 0 Å². The summed E-state index contributed by atoms with van der Waals surface area (Å²) in [6.45, 7) is 0.217. The second kappa shape index (κ2) is 4.07. The zero-order valence-corrected chi connectivity index (χ0v) is 8.51. The van der Waals surface area contributed by atoms with Gasteiger partial charge in [-0.25, -0.2) is 18.6 Å². The topological polar surface area (TPSA) is 87.8 Å².